The first-order valence-electron chi connectivity index (χ1n) is 4.75. The first-order valence-corrected chi connectivity index (χ1v) is 6.01. The molecule has 2 N–H and O–H groups in total. The van der Waals surface area contributed by atoms with E-state index in [1.54, 1.807) is 24.7 Å². The third-order valence-corrected chi connectivity index (χ3v) is 2.85. The molecule has 0 spiro atoms. The minimum atomic E-state index is -0.263. The molecule has 2 heterocycles. The Morgan fingerprint density at radius 2 is 2.29 bits per heavy atom. The Hall–Kier alpha value is -1.66. The van der Waals surface area contributed by atoms with Crippen molar-refractivity contribution in [2.45, 2.75) is 0 Å². The number of nitrogens with zero attached hydrogens (tertiary/aromatic N) is 2. The van der Waals surface area contributed by atoms with Gasteiger partial charge in [0.25, 0.3) is 5.91 Å². The summed E-state index contributed by atoms with van der Waals surface area (Å²) in [5, 5.41) is 8.11. The summed E-state index contributed by atoms with van der Waals surface area (Å²) in [5.41, 5.74) is 0.435. The van der Waals surface area contributed by atoms with Crippen molar-refractivity contribution in [2.24, 2.45) is 0 Å². The predicted molar refractivity (Wildman–Crippen MR) is 68.9 cm³/mol. The van der Waals surface area contributed by atoms with Crippen LogP contribution in [0.25, 0.3) is 0 Å². The predicted octanol–water partition coefficient (Wildman–Crippen LogP) is 2.49. The van der Waals surface area contributed by atoms with Gasteiger partial charge < -0.3 is 5.32 Å². The topological polar surface area (TPSA) is 66.9 Å². The van der Waals surface area contributed by atoms with Gasteiger partial charge in [0, 0.05) is 24.2 Å². The van der Waals surface area contributed by atoms with E-state index >= 15 is 0 Å². The minimum Gasteiger partial charge on any atom is -0.373 e. The van der Waals surface area contributed by atoms with Crippen LogP contribution in [0.3, 0.4) is 0 Å². The number of hydrogen-bond acceptors (Lipinski definition) is 5. The van der Waals surface area contributed by atoms with Crippen LogP contribution in [0.15, 0.2) is 23.7 Å². The lowest BCUT2D eigenvalue weighted by Crippen LogP contribution is -2.12. The number of nitrogens with one attached hydrogen (secondary N) is 2. The molecular weight excluding hydrogens is 260 g/mol. The third kappa shape index (κ3) is 2.92. The minimum absolute atomic E-state index is 0.263. The van der Waals surface area contributed by atoms with E-state index in [1.165, 1.54) is 17.4 Å². The quantitative estimate of drug-likeness (QED) is 0.840. The maximum absolute atomic E-state index is 11.9. The van der Waals surface area contributed by atoms with Crippen LogP contribution < -0.4 is 10.6 Å². The largest absolute Gasteiger partial charge is 0.373 e. The van der Waals surface area contributed by atoms with Crippen LogP contribution in [-0.2, 0) is 0 Å². The fourth-order valence-corrected chi connectivity index (χ4v) is 1.94. The number of rotatable bonds is 3. The van der Waals surface area contributed by atoms with E-state index < -0.39 is 0 Å². The fourth-order valence-electron chi connectivity index (χ4n) is 1.21. The van der Waals surface area contributed by atoms with E-state index in [4.69, 9.17) is 11.6 Å². The molecular formula is C10H9ClN4OS. The van der Waals surface area contributed by atoms with Gasteiger partial charge in [-0.05, 0) is 12.1 Å². The van der Waals surface area contributed by atoms with Crippen molar-refractivity contribution in [2.75, 3.05) is 17.7 Å². The van der Waals surface area contributed by atoms with E-state index in [9.17, 15) is 4.79 Å². The molecule has 2 rings (SSSR count). The van der Waals surface area contributed by atoms with Gasteiger partial charge in [-0.3, -0.25) is 10.1 Å². The van der Waals surface area contributed by atoms with Crippen LogP contribution >= 0.6 is 22.9 Å². The van der Waals surface area contributed by atoms with Crippen molar-refractivity contribution in [1.29, 1.82) is 0 Å². The third-order valence-electron chi connectivity index (χ3n) is 1.97. The summed E-state index contributed by atoms with van der Waals surface area (Å²) in [6, 6.07) is 3.13. The van der Waals surface area contributed by atoms with Gasteiger partial charge in [-0.1, -0.05) is 11.6 Å². The molecule has 0 aliphatic rings. The Balaban J connectivity index is 2.21. The summed E-state index contributed by atoms with van der Waals surface area (Å²) in [7, 11) is 1.71. The highest BCUT2D eigenvalue weighted by molar-refractivity contribution is 7.13. The lowest BCUT2D eigenvalue weighted by atomic mass is 10.2. The van der Waals surface area contributed by atoms with Crippen molar-refractivity contribution in [3.8, 4) is 0 Å². The van der Waals surface area contributed by atoms with Gasteiger partial charge in [-0.25, -0.2) is 9.97 Å². The number of hydrogen-bond donors (Lipinski definition) is 2. The Labute approximate surface area is 107 Å². The van der Waals surface area contributed by atoms with Gasteiger partial charge in [0.1, 0.15) is 11.0 Å². The number of aromatic nitrogens is 2. The molecule has 1 amide bonds. The van der Waals surface area contributed by atoms with Gasteiger partial charge in [0.2, 0.25) is 0 Å². The molecule has 17 heavy (non-hydrogen) atoms. The van der Waals surface area contributed by atoms with E-state index in [0.29, 0.717) is 16.5 Å². The molecule has 0 radical (unpaired) electrons. The van der Waals surface area contributed by atoms with E-state index in [1.807, 2.05) is 0 Å². The lowest BCUT2D eigenvalue weighted by Gasteiger charge is -2.05. The van der Waals surface area contributed by atoms with E-state index in [-0.39, 0.29) is 11.1 Å². The highest BCUT2D eigenvalue weighted by atomic mass is 35.5. The second kappa shape index (κ2) is 5.11. The molecule has 2 aromatic rings. The Bertz CT molecular complexity index is 529. The SMILES string of the molecule is CNc1cc(C(=O)Nc2nccs2)cc(Cl)n1. The second-order valence-electron chi connectivity index (χ2n) is 3.11. The van der Waals surface area contributed by atoms with Crippen molar-refractivity contribution in [3.63, 3.8) is 0 Å². The number of amides is 1. The van der Waals surface area contributed by atoms with Gasteiger partial charge >= 0.3 is 0 Å². The number of carbonyl (C=O) groups is 1. The molecule has 2 aromatic heterocycles. The molecule has 0 aliphatic carbocycles. The summed E-state index contributed by atoms with van der Waals surface area (Å²) < 4.78 is 0. The number of halogens is 1. The number of thiazole rings is 1. The molecule has 88 valence electrons. The summed E-state index contributed by atoms with van der Waals surface area (Å²) in [6.45, 7) is 0. The molecule has 0 fully saturated rings. The molecule has 5 nitrogen and oxygen atoms in total. The summed E-state index contributed by atoms with van der Waals surface area (Å²) >= 11 is 7.16. The van der Waals surface area contributed by atoms with Gasteiger partial charge in [0.05, 0.1) is 0 Å². The van der Waals surface area contributed by atoms with Crippen LogP contribution in [0, 0.1) is 0 Å². The zero-order chi connectivity index (χ0) is 12.3. The lowest BCUT2D eigenvalue weighted by molar-refractivity contribution is 0.102. The monoisotopic (exact) mass is 268 g/mol. The number of anilines is 2. The number of carbonyl (C=O) groups excluding carboxylic acids is 1. The van der Waals surface area contributed by atoms with Crippen LogP contribution in [-0.4, -0.2) is 22.9 Å². The van der Waals surface area contributed by atoms with Crippen molar-refractivity contribution in [1.82, 2.24) is 9.97 Å². The summed E-state index contributed by atoms with van der Waals surface area (Å²) in [5.74, 6) is 0.280. The second-order valence-corrected chi connectivity index (χ2v) is 4.39. The highest BCUT2D eigenvalue weighted by Gasteiger charge is 2.10. The molecule has 0 bridgehead atoms. The average Bonchev–Trinajstić information content (AvgIpc) is 2.81. The summed E-state index contributed by atoms with van der Waals surface area (Å²) in [6.07, 6.45) is 1.62. The fraction of sp³-hybridized carbons (Fsp3) is 0.100. The molecule has 7 heteroatoms. The maximum atomic E-state index is 11.9. The van der Waals surface area contributed by atoms with Crippen molar-refractivity contribution in [3.05, 3.63) is 34.4 Å². The molecule has 0 unspecified atom stereocenters. The van der Waals surface area contributed by atoms with Crippen molar-refractivity contribution < 1.29 is 4.79 Å². The van der Waals surface area contributed by atoms with Crippen molar-refractivity contribution >= 4 is 39.8 Å². The molecule has 0 aliphatic heterocycles. The first kappa shape index (κ1) is 11.8. The zero-order valence-corrected chi connectivity index (χ0v) is 10.5. The first-order chi connectivity index (χ1) is 8.19. The standard InChI is InChI=1S/C10H9ClN4OS/c1-12-8-5-6(4-7(11)14-8)9(16)15-10-13-2-3-17-10/h2-5H,1H3,(H,12,14)(H,13,15,16). The van der Waals surface area contributed by atoms with E-state index in [2.05, 4.69) is 20.6 Å². The Morgan fingerprint density at radius 1 is 1.47 bits per heavy atom. The summed E-state index contributed by atoms with van der Waals surface area (Å²) in [4.78, 5) is 19.8. The molecule has 0 saturated carbocycles. The Morgan fingerprint density at radius 3 is 2.94 bits per heavy atom. The smallest absolute Gasteiger partial charge is 0.257 e. The van der Waals surface area contributed by atoms with Gasteiger partial charge in [0.15, 0.2) is 5.13 Å². The van der Waals surface area contributed by atoms with Crippen LogP contribution in [0.1, 0.15) is 10.4 Å². The molecule has 0 aromatic carbocycles. The van der Waals surface area contributed by atoms with Crippen LogP contribution in [0.4, 0.5) is 10.9 Å². The maximum Gasteiger partial charge on any atom is 0.257 e. The molecule has 0 atom stereocenters. The van der Waals surface area contributed by atoms with Crippen LogP contribution in [0.5, 0.6) is 0 Å². The average molecular weight is 269 g/mol. The molecule has 0 saturated heterocycles. The highest BCUT2D eigenvalue weighted by Crippen LogP contribution is 2.17. The normalized spacial score (nSPS) is 10.0. The van der Waals surface area contributed by atoms with Gasteiger partial charge in [-0.2, -0.15) is 0 Å². The number of pyridine rings is 1. The van der Waals surface area contributed by atoms with Gasteiger partial charge in [-0.15, -0.1) is 11.3 Å². The van der Waals surface area contributed by atoms with Crippen LogP contribution in [0.2, 0.25) is 5.15 Å². The van der Waals surface area contributed by atoms with E-state index in [0.717, 1.165) is 0 Å². The zero-order valence-electron chi connectivity index (χ0n) is 8.90. The Kier molecular flexibility index (Phi) is 3.55.